The third-order valence-corrected chi connectivity index (χ3v) is 6.17. The Hall–Kier alpha value is -2.19. The topological polar surface area (TPSA) is 98.1 Å². The van der Waals surface area contributed by atoms with E-state index >= 15 is 0 Å². The molecule has 1 aliphatic rings. The standard InChI is InChI=1S/C17H18ClN3O4S/c18-12-5-7-14(8-6-12)26(24,25)16-9-10-17(23)21(20-16)11-15(22)19-13-3-1-2-4-13/h5-10,13H,1-4,11H2,(H,19,22). The van der Waals surface area contributed by atoms with Crippen LogP contribution in [-0.4, -0.2) is 30.1 Å². The maximum atomic E-state index is 12.7. The smallest absolute Gasteiger partial charge is 0.267 e. The van der Waals surface area contributed by atoms with Crippen LogP contribution in [0.25, 0.3) is 0 Å². The molecule has 26 heavy (non-hydrogen) atoms. The number of halogens is 1. The Morgan fingerprint density at radius 3 is 2.46 bits per heavy atom. The van der Waals surface area contributed by atoms with Crippen LogP contribution < -0.4 is 10.9 Å². The molecule has 9 heteroatoms. The fourth-order valence-electron chi connectivity index (χ4n) is 2.90. The van der Waals surface area contributed by atoms with E-state index in [1.165, 1.54) is 24.3 Å². The summed E-state index contributed by atoms with van der Waals surface area (Å²) in [4.78, 5) is 24.1. The van der Waals surface area contributed by atoms with E-state index < -0.39 is 15.4 Å². The third kappa shape index (κ3) is 4.13. The molecule has 1 N–H and O–H groups in total. The molecular formula is C17H18ClN3O4S. The van der Waals surface area contributed by atoms with Gasteiger partial charge in [-0.25, -0.2) is 13.1 Å². The Kier molecular flexibility index (Phi) is 5.43. The SMILES string of the molecule is O=C(Cn1nc(S(=O)(=O)c2ccc(Cl)cc2)ccc1=O)NC1CCCC1. The highest BCUT2D eigenvalue weighted by molar-refractivity contribution is 7.91. The van der Waals surface area contributed by atoms with Crippen molar-refractivity contribution in [1.29, 1.82) is 0 Å². The number of hydrogen-bond donors (Lipinski definition) is 1. The van der Waals surface area contributed by atoms with Crippen LogP contribution in [0.3, 0.4) is 0 Å². The van der Waals surface area contributed by atoms with Crippen LogP contribution in [0.5, 0.6) is 0 Å². The molecule has 138 valence electrons. The van der Waals surface area contributed by atoms with Gasteiger partial charge < -0.3 is 5.32 Å². The molecule has 0 atom stereocenters. The van der Waals surface area contributed by atoms with Crippen LogP contribution in [-0.2, 0) is 21.2 Å². The van der Waals surface area contributed by atoms with Gasteiger partial charge in [-0.1, -0.05) is 24.4 Å². The molecule has 0 aliphatic heterocycles. The van der Waals surface area contributed by atoms with Gasteiger partial charge in [-0.05, 0) is 43.2 Å². The number of amides is 1. The van der Waals surface area contributed by atoms with E-state index in [-0.39, 0.29) is 28.4 Å². The summed E-state index contributed by atoms with van der Waals surface area (Å²) in [6.07, 6.45) is 3.97. The highest BCUT2D eigenvalue weighted by Gasteiger charge is 2.22. The number of nitrogens with zero attached hydrogens (tertiary/aromatic N) is 2. The van der Waals surface area contributed by atoms with Crippen molar-refractivity contribution in [3.8, 4) is 0 Å². The van der Waals surface area contributed by atoms with Crippen LogP contribution in [0, 0.1) is 0 Å². The maximum Gasteiger partial charge on any atom is 0.267 e. The average molecular weight is 396 g/mol. The third-order valence-electron chi connectivity index (χ3n) is 4.26. The van der Waals surface area contributed by atoms with E-state index in [0.717, 1.165) is 42.5 Å². The predicted octanol–water partition coefficient (Wildman–Crippen LogP) is 1.79. The van der Waals surface area contributed by atoms with Gasteiger partial charge in [-0.2, -0.15) is 5.10 Å². The summed E-state index contributed by atoms with van der Waals surface area (Å²) >= 11 is 5.78. The van der Waals surface area contributed by atoms with E-state index in [9.17, 15) is 18.0 Å². The second kappa shape index (κ2) is 7.59. The summed E-state index contributed by atoms with van der Waals surface area (Å²) in [5.74, 6) is -0.354. The molecule has 0 spiro atoms. The molecular weight excluding hydrogens is 378 g/mol. The molecule has 1 aliphatic carbocycles. The molecule has 0 radical (unpaired) electrons. The minimum Gasteiger partial charge on any atom is -0.352 e. The van der Waals surface area contributed by atoms with E-state index in [0.29, 0.717) is 5.02 Å². The number of nitrogens with one attached hydrogen (secondary N) is 1. The summed E-state index contributed by atoms with van der Waals surface area (Å²) in [6, 6.07) is 7.98. The number of hydrogen-bond acceptors (Lipinski definition) is 5. The van der Waals surface area contributed by atoms with Gasteiger partial charge in [-0.3, -0.25) is 9.59 Å². The van der Waals surface area contributed by atoms with Crippen LogP contribution in [0.1, 0.15) is 25.7 Å². The number of sulfone groups is 1. The molecule has 1 fully saturated rings. The Morgan fingerprint density at radius 2 is 1.81 bits per heavy atom. The minimum atomic E-state index is -3.91. The zero-order valence-electron chi connectivity index (χ0n) is 13.9. The van der Waals surface area contributed by atoms with E-state index in [1.54, 1.807) is 0 Å². The first-order valence-electron chi connectivity index (χ1n) is 8.24. The van der Waals surface area contributed by atoms with Gasteiger partial charge in [0.05, 0.1) is 4.90 Å². The van der Waals surface area contributed by atoms with Crippen LogP contribution in [0.4, 0.5) is 0 Å². The molecule has 2 aromatic rings. The van der Waals surface area contributed by atoms with Crippen molar-refractivity contribution in [1.82, 2.24) is 15.1 Å². The lowest BCUT2D eigenvalue weighted by molar-refractivity contribution is -0.122. The van der Waals surface area contributed by atoms with Gasteiger partial charge in [0.2, 0.25) is 15.7 Å². The van der Waals surface area contributed by atoms with Crippen LogP contribution in [0.15, 0.2) is 51.1 Å². The lowest BCUT2D eigenvalue weighted by Crippen LogP contribution is -2.38. The summed E-state index contributed by atoms with van der Waals surface area (Å²) in [6.45, 7) is -0.320. The number of carbonyl (C=O) groups excluding carboxylic acids is 1. The summed E-state index contributed by atoms with van der Waals surface area (Å²) in [5.41, 5.74) is -0.540. The predicted molar refractivity (Wildman–Crippen MR) is 95.8 cm³/mol. The number of rotatable bonds is 5. The fraction of sp³-hybridized carbons (Fsp3) is 0.353. The van der Waals surface area contributed by atoms with Crippen molar-refractivity contribution in [2.24, 2.45) is 0 Å². The minimum absolute atomic E-state index is 0.00926. The lowest BCUT2D eigenvalue weighted by Gasteiger charge is -2.12. The van der Waals surface area contributed by atoms with Gasteiger partial charge in [-0.15, -0.1) is 0 Å². The number of benzene rings is 1. The van der Waals surface area contributed by atoms with Crippen molar-refractivity contribution in [3.63, 3.8) is 0 Å². The summed E-state index contributed by atoms with van der Waals surface area (Å²) < 4.78 is 26.2. The van der Waals surface area contributed by atoms with Gasteiger partial charge in [0.15, 0.2) is 5.03 Å². The van der Waals surface area contributed by atoms with Crippen molar-refractivity contribution >= 4 is 27.3 Å². The first-order valence-corrected chi connectivity index (χ1v) is 10.1. The zero-order chi connectivity index (χ0) is 18.7. The van der Waals surface area contributed by atoms with Crippen LogP contribution in [0.2, 0.25) is 5.02 Å². The number of carbonyl (C=O) groups is 1. The molecule has 0 bridgehead atoms. The Labute approximate surface area is 155 Å². The highest BCUT2D eigenvalue weighted by atomic mass is 35.5. The summed E-state index contributed by atoms with van der Waals surface area (Å²) in [7, 11) is -3.91. The Balaban J connectivity index is 1.83. The first-order chi connectivity index (χ1) is 12.4. The zero-order valence-corrected chi connectivity index (χ0v) is 15.5. The second-order valence-corrected chi connectivity index (χ2v) is 8.51. The Morgan fingerprint density at radius 1 is 1.15 bits per heavy atom. The monoisotopic (exact) mass is 395 g/mol. The molecule has 1 heterocycles. The molecule has 0 saturated heterocycles. The van der Waals surface area contributed by atoms with Gasteiger partial charge in [0, 0.05) is 17.1 Å². The second-order valence-electron chi connectivity index (χ2n) is 6.17. The van der Waals surface area contributed by atoms with Crippen LogP contribution >= 0.6 is 11.6 Å². The average Bonchev–Trinajstić information content (AvgIpc) is 3.10. The highest BCUT2D eigenvalue weighted by Crippen LogP contribution is 2.20. The van der Waals surface area contributed by atoms with E-state index in [2.05, 4.69) is 10.4 Å². The van der Waals surface area contributed by atoms with Crippen molar-refractivity contribution in [2.75, 3.05) is 0 Å². The van der Waals surface area contributed by atoms with Crippen molar-refractivity contribution in [3.05, 3.63) is 51.8 Å². The summed E-state index contributed by atoms with van der Waals surface area (Å²) in [5, 5.41) is 6.84. The van der Waals surface area contributed by atoms with E-state index in [4.69, 9.17) is 11.6 Å². The van der Waals surface area contributed by atoms with Crippen molar-refractivity contribution in [2.45, 2.75) is 48.2 Å². The van der Waals surface area contributed by atoms with Gasteiger partial charge >= 0.3 is 0 Å². The van der Waals surface area contributed by atoms with Gasteiger partial charge in [0.25, 0.3) is 5.56 Å². The van der Waals surface area contributed by atoms with Gasteiger partial charge in [0.1, 0.15) is 6.54 Å². The number of aromatic nitrogens is 2. The normalized spacial score (nSPS) is 15.1. The molecule has 3 rings (SSSR count). The quantitative estimate of drug-likeness (QED) is 0.832. The molecule has 7 nitrogen and oxygen atoms in total. The molecule has 1 saturated carbocycles. The molecule has 1 aromatic heterocycles. The van der Waals surface area contributed by atoms with Crippen molar-refractivity contribution < 1.29 is 13.2 Å². The Bertz CT molecular complexity index is 964. The maximum absolute atomic E-state index is 12.7. The van der Waals surface area contributed by atoms with E-state index in [1.807, 2.05) is 0 Å². The molecule has 1 amide bonds. The fourth-order valence-corrected chi connectivity index (χ4v) is 4.22. The first kappa shape index (κ1) is 18.6. The largest absolute Gasteiger partial charge is 0.352 e. The molecule has 0 unspecified atom stereocenters. The lowest BCUT2D eigenvalue weighted by atomic mass is 10.2. The molecule has 1 aromatic carbocycles.